The van der Waals surface area contributed by atoms with Crippen LogP contribution in [0.25, 0.3) is 6.08 Å². The molecule has 1 unspecified atom stereocenters. The molecule has 1 atom stereocenters. The fraction of sp³-hybridized carbons (Fsp3) is 0.211. The van der Waals surface area contributed by atoms with Crippen molar-refractivity contribution >= 4 is 35.6 Å². The summed E-state index contributed by atoms with van der Waals surface area (Å²) in [7, 11) is 0. The van der Waals surface area contributed by atoms with Crippen molar-refractivity contribution < 1.29 is 23.9 Å². The van der Waals surface area contributed by atoms with Crippen LogP contribution >= 0.6 is 11.8 Å². The maximum absolute atomic E-state index is 12.6. The Bertz CT molecular complexity index is 803. The summed E-state index contributed by atoms with van der Waals surface area (Å²) in [5, 5.41) is 14.2. The van der Waals surface area contributed by atoms with Gasteiger partial charge in [-0.3, -0.25) is 9.59 Å². The van der Waals surface area contributed by atoms with Crippen molar-refractivity contribution in [1.82, 2.24) is 10.6 Å². The molecule has 0 radical (unpaired) electrons. The number of carboxylic acid groups (broad SMARTS) is 1. The minimum atomic E-state index is -1.13. The van der Waals surface area contributed by atoms with Crippen molar-refractivity contribution in [2.45, 2.75) is 12.5 Å². The molecule has 7 nitrogen and oxygen atoms in total. The standard InChI is InChI=1S/C19H20N2O5S/c1-27-11-9-14(19(24)25)20-17(22)15(12-13-6-3-2-4-7-13)21-18(23)16-8-5-10-26-16/h2-8,10,12,14H,9,11H2,1H3,(H,20,22)(H,21,23)(H,24,25)/b15-12-. The number of carbonyl (C=O) groups excluding carboxylic acids is 2. The number of carbonyl (C=O) groups is 3. The molecule has 1 aromatic carbocycles. The molecular formula is C19H20N2O5S. The lowest BCUT2D eigenvalue weighted by molar-refractivity contribution is -0.141. The summed E-state index contributed by atoms with van der Waals surface area (Å²) in [5.41, 5.74) is 0.608. The average molecular weight is 388 g/mol. The first-order valence-electron chi connectivity index (χ1n) is 8.15. The van der Waals surface area contributed by atoms with Gasteiger partial charge in [0.15, 0.2) is 5.76 Å². The minimum absolute atomic E-state index is 0.0407. The van der Waals surface area contributed by atoms with Gasteiger partial charge in [-0.1, -0.05) is 30.3 Å². The summed E-state index contributed by atoms with van der Waals surface area (Å²) in [6, 6.07) is 10.9. The van der Waals surface area contributed by atoms with Crippen molar-refractivity contribution in [3.8, 4) is 0 Å². The number of nitrogens with one attached hydrogen (secondary N) is 2. The smallest absolute Gasteiger partial charge is 0.326 e. The van der Waals surface area contributed by atoms with Crippen molar-refractivity contribution in [1.29, 1.82) is 0 Å². The first-order valence-corrected chi connectivity index (χ1v) is 9.55. The zero-order valence-electron chi connectivity index (χ0n) is 14.7. The molecule has 1 heterocycles. The number of hydrogen-bond donors (Lipinski definition) is 3. The van der Waals surface area contributed by atoms with E-state index in [1.165, 1.54) is 30.2 Å². The maximum Gasteiger partial charge on any atom is 0.326 e. The molecule has 0 spiro atoms. The highest BCUT2D eigenvalue weighted by Gasteiger charge is 2.23. The van der Waals surface area contributed by atoms with Gasteiger partial charge in [0.2, 0.25) is 0 Å². The van der Waals surface area contributed by atoms with Gasteiger partial charge in [0.1, 0.15) is 11.7 Å². The van der Waals surface area contributed by atoms with Gasteiger partial charge in [-0.2, -0.15) is 11.8 Å². The van der Waals surface area contributed by atoms with Crippen molar-refractivity contribution in [3.63, 3.8) is 0 Å². The highest BCUT2D eigenvalue weighted by atomic mass is 32.2. The van der Waals surface area contributed by atoms with Crippen LogP contribution in [0.4, 0.5) is 0 Å². The monoisotopic (exact) mass is 388 g/mol. The van der Waals surface area contributed by atoms with E-state index in [1.54, 1.807) is 30.3 Å². The molecular weight excluding hydrogens is 368 g/mol. The van der Waals surface area contributed by atoms with Crippen LogP contribution in [0.2, 0.25) is 0 Å². The lowest BCUT2D eigenvalue weighted by Gasteiger charge is -2.16. The Labute approximate surface area is 160 Å². The van der Waals surface area contributed by atoms with Gasteiger partial charge >= 0.3 is 5.97 Å². The van der Waals surface area contributed by atoms with Crippen molar-refractivity contribution in [3.05, 3.63) is 65.7 Å². The number of benzene rings is 1. The lowest BCUT2D eigenvalue weighted by Crippen LogP contribution is -2.44. The molecule has 0 aliphatic rings. The number of carboxylic acids is 1. The van der Waals surface area contributed by atoms with Crippen LogP contribution in [0.5, 0.6) is 0 Å². The molecule has 3 N–H and O–H groups in total. The third kappa shape index (κ3) is 6.34. The Morgan fingerprint density at radius 1 is 1.19 bits per heavy atom. The number of amides is 2. The molecule has 142 valence electrons. The predicted octanol–water partition coefficient (Wildman–Crippen LogP) is 2.37. The van der Waals surface area contributed by atoms with Crippen LogP contribution in [0.15, 0.2) is 58.8 Å². The topological polar surface area (TPSA) is 109 Å². The second-order valence-corrected chi connectivity index (χ2v) is 6.53. The van der Waals surface area contributed by atoms with Gasteiger partial charge in [-0.15, -0.1) is 0 Å². The SMILES string of the molecule is CSCCC(NC(=O)/C(=C/c1ccccc1)NC(=O)c1ccco1)C(=O)O. The summed E-state index contributed by atoms with van der Waals surface area (Å²) in [6.07, 6.45) is 4.94. The van der Waals surface area contributed by atoms with E-state index in [2.05, 4.69) is 10.6 Å². The van der Waals surface area contributed by atoms with Crippen molar-refractivity contribution in [2.75, 3.05) is 12.0 Å². The Balaban J connectivity index is 2.22. The summed E-state index contributed by atoms with van der Waals surface area (Å²) < 4.78 is 5.03. The molecule has 1 aromatic heterocycles. The predicted molar refractivity (Wildman–Crippen MR) is 103 cm³/mol. The van der Waals surface area contributed by atoms with Gasteiger partial charge in [0, 0.05) is 0 Å². The van der Waals surface area contributed by atoms with E-state index in [4.69, 9.17) is 4.42 Å². The number of hydrogen-bond acceptors (Lipinski definition) is 5. The molecule has 2 amide bonds. The largest absolute Gasteiger partial charge is 0.480 e. The van der Waals surface area contributed by atoms with E-state index >= 15 is 0 Å². The molecule has 2 rings (SSSR count). The highest BCUT2D eigenvalue weighted by molar-refractivity contribution is 7.98. The first-order chi connectivity index (χ1) is 13.0. The van der Waals surface area contributed by atoms with Crippen LogP contribution < -0.4 is 10.6 Å². The van der Waals surface area contributed by atoms with E-state index in [1.807, 2.05) is 12.3 Å². The normalized spacial score (nSPS) is 12.3. The Morgan fingerprint density at radius 2 is 1.93 bits per heavy atom. The average Bonchev–Trinajstić information content (AvgIpc) is 3.20. The van der Waals surface area contributed by atoms with Crippen molar-refractivity contribution in [2.24, 2.45) is 0 Å². The molecule has 0 saturated heterocycles. The molecule has 0 bridgehead atoms. The van der Waals surface area contributed by atoms with Crippen LogP contribution in [-0.2, 0) is 9.59 Å². The van der Waals surface area contributed by atoms with Gasteiger partial charge in [-0.05, 0) is 42.2 Å². The van der Waals surface area contributed by atoms with Crippen LogP contribution in [0.3, 0.4) is 0 Å². The Hall–Kier alpha value is -3.00. The number of furan rings is 1. The third-order valence-electron chi connectivity index (χ3n) is 3.56. The Morgan fingerprint density at radius 3 is 2.52 bits per heavy atom. The summed E-state index contributed by atoms with van der Waals surface area (Å²) in [5.74, 6) is -1.80. The molecule has 0 aliphatic heterocycles. The third-order valence-corrected chi connectivity index (χ3v) is 4.21. The summed E-state index contributed by atoms with van der Waals surface area (Å²) in [6.45, 7) is 0. The second-order valence-electron chi connectivity index (χ2n) is 5.55. The van der Waals surface area contributed by atoms with Crippen LogP contribution in [-0.4, -0.2) is 40.9 Å². The molecule has 27 heavy (non-hydrogen) atoms. The first kappa shape index (κ1) is 20.3. The maximum atomic E-state index is 12.6. The highest BCUT2D eigenvalue weighted by Crippen LogP contribution is 2.09. The van der Waals surface area contributed by atoms with E-state index < -0.39 is 23.8 Å². The van der Waals surface area contributed by atoms with E-state index in [0.29, 0.717) is 11.3 Å². The summed E-state index contributed by atoms with van der Waals surface area (Å²) >= 11 is 1.48. The zero-order chi connectivity index (χ0) is 19.6. The van der Waals surface area contributed by atoms with Gasteiger partial charge in [-0.25, -0.2) is 4.79 Å². The van der Waals surface area contributed by atoms with E-state index in [-0.39, 0.29) is 17.9 Å². The fourth-order valence-electron chi connectivity index (χ4n) is 2.20. The minimum Gasteiger partial charge on any atom is -0.480 e. The fourth-order valence-corrected chi connectivity index (χ4v) is 2.67. The Kier molecular flexibility index (Phi) is 7.69. The van der Waals surface area contributed by atoms with Crippen LogP contribution in [0, 0.1) is 0 Å². The summed E-state index contributed by atoms with van der Waals surface area (Å²) in [4.78, 5) is 36.3. The van der Waals surface area contributed by atoms with Gasteiger partial charge in [0.25, 0.3) is 11.8 Å². The molecule has 2 aromatic rings. The molecule has 0 saturated carbocycles. The van der Waals surface area contributed by atoms with Gasteiger partial charge in [0.05, 0.1) is 6.26 Å². The number of aliphatic carboxylic acids is 1. The zero-order valence-corrected chi connectivity index (χ0v) is 15.5. The van der Waals surface area contributed by atoms with Crippen LogP contribution in [0.1, 0.15) is 22.5 Å². The molecule has 0 fully saturated rings. The molecule has 0 aliphatic carbocycles. The second kappa shape index (κ2) is 10.2. The lowest BCUT2D eigenvalue weighted by atomic mass is 10.1. The van der Waals surface area contributed by atoms with E-state index in [9.17, 15) is 19.5 Å². The van der Waals surface area contributed by atoms with Gasteiger partial charge < -0.3 is 20.2 Å². The van der Waals surface area contributed by atoms with E-state index in [0.717, 1.165) is 0 Å². The number of rotatable bonds is 9. The quantitative estimate of drug-likeness (QED) is 0.569. The number of thioether (sulfide) groups is 1. The molecule has 8 heteroatoms.